The Morgan fingerprint density at radius 2 is 2.14 bits per heavy atom. The lowest BCUT2D eigenvalue weighted by molar-refractivity contribution is 0.207. The number of aryl methyl sites for hydroxylation is 1. The second-order valence-corrected chi connectivity index (χ2v) is 5.84. The van der Waals surface area contributed by atoms with Gasteiger partial charge in [-0.25, -0.2) is 17.9 Å². The highest BCUT2D eigenvalue weighted by Crippen LogP contribution is 2.26. The minimum atomic E-state index is -3.38. The van der Waals surface area contributed by atoms with Gasteiger partial charge in [-0.15, -0.1) is 5.10 Å². The summed E-state index contributed by atoms with van der Waals surface area (Å²) in [6.45, 7) is 0. The molecule has 0 atom stereocenters. The molecule has 0 saturated carbocycles. The molecule has 0 saturated heterocycles. The van der Waals surface area contributed by atoms with Gasteiger partial charge in [0.2, 0.25) is 10.0 Å². The van der Waals surface area contributed by atoms with Gasteiger partial charge in [-0.2, -0.15) is 0 Å². The molecule has 0 aromatic carbocycles. The summed E-state index contributed by atoms with van der Waals surface area (Å²) in [5.74, 6) is 0.0406. The zero-order chi connectivity index (χ0) is 15.6. The van der Waals surface area contributed by atoms with Crippen molar-refractivity contribution in [2.75, 3.05) is 11.0 Å². The first kappa shape index (κ1) is 14.7. The van der Waals surface area contributed by atoms with E-state index in [1.165, 1.54) is 30.1 Å². The molecule has 0 spiro atoms. The summed E-state index contributed by atoms with van der Waals surface area (Å²) in [7, 11) is -1.86. The molecule has 1 amide bonds. The molecular weight excluding hydrogens is 300 g/mol. The van der Waals surface area contributed by atoms with Crippen LogP contribution in [0.5, 0.6) is 5.88 Å². The predicted octanol–water partition coefficient (Wildman–Crippen LogP) is -0.294. The fraction of sp³-hybridized carbons (Fsp3) is 0.200. The lowest BCUT2D eigenvalue weighted by Gasteiger charge is -2.05. The van der Waals surface area contributed by atoms with Gasteiger partial charge in [-0.1, -0.05) is 5.21 Å². The van der Waals surface area contributed by atoms with Crippen molar-refractivity contribution in [1.29, 1.82) is 0 Å². The van der Waals surface area contributed by atoms with Crippen molar-refractivity contribution in [3.8, 4) is 17.3 Å². The number of aromatic nitrogens is 4. The SMILES string of the molecule is Cn1nnc(-c2ccc(NS(C)(=O)=O)cn2)c1OC(N)=O. The Morgan fingerprint density at radius 3 is 2.67 bits per heavy atom. The Morgan fingerprint density at radius 1 is 1.43 bits per heavy atom. The lowest BCUT2D eigenvalue weighted by atomic mass is 10.2. The number of ether oxygens (including phenoxy) is 1. The highest BCUT2D eigenvalue weighted by molar-refractivity contribution is 7.92. The number of sulfonamides is 1. The Bertz CT molecular complexity index is 767. The summed E-state index contributed by atoms with van der Waals surface area (Å²) in [5.41, 5.74) is 5.82. The number of primary amides is 1. The number of amides is 1. The number of hydrogen-bond acceptors (Lipinski definition) is 7. The van der Waals surface area contributed by atoms with Crippen molar-refractivity contribution >= 4 is 21.8 Å². The fourth-order valence-electron chi connectivity index (χ4n) is 1.53. The fourth-order valence-corrected chi connectivity index (χ4v) is 2.08. The summed E-state index contributed by atoms with van der Waals surface area (Å²) in [6.07, 6.45) is 1.33. The first-order chi connectivity index (χ1) is 9.76. The maximum atomic E-state index is 11.1. The third kappa shape index (κ3) is 3.66. The van der Waals surface area contributed by atoms with Crippen molar-refractivity contribution < 1.29 is 17.9 Å². The highest BCUT2D eigenvalue weighted by Gasteiger charge is 2.17. The standard InChI is InChI=1S/C10H12N6O4S/c1-16-9(20-10(11)17)8(13-15-16)7-4-3-6(5-12-7)14-21(2,18)19/h3-5,14H,1-2H3,(H2,11,17). The average Bonchev–Trinajstić information content (AvgIpc) is 2.70. The number of anilines is 1. The van der Waals surface area contributed by atoms with Gasteiger partial charge in [-0.3, -0.25) is 9.71 Å². The summed E-state index contributed by atoms with van der Waals surface area (Å²) in [4.78, 5) is 14.9. The van der Waals surface area contributed by atoms with E-state index >= 15 is 0 Å². The number of nitrogens with two attached hydrogens (primary N) is 1. The van der Waals surface area contributed by atoms with Crippen LogP contribution in [0.25, 0.3) is 11.4 Å². The molecule has 21 heavy (non-hydrogen) atoms. The monoisotopic (exact) mass is 312 g/mol. The van der Waals surface area contributed by atoms with Crippen LogP contribution in [0.3, 0.4) is 0 Å². The Kier molecular flexibility index (Phi) is 3.76. The van der Waals surface area contributed by atoms with E-state index < -0.39 is 16.1 Å². The maximum absolute atomic E-state index is 11.1. The van der Waals surface area contributed by atoms with Gasteiger partial charge in [0.15, 0.2) is 5.69 Å². The van der Waals surface area contributed by atoms with Crippen LogP contribution in [0.15, 0.2) is 18.3 Å². The van der Waals surface area contributed by atoms with Crippen molar-refractivity contribution in [1.82, 2.24) is 20.0 Å². The number of carbonyl (C=O) groups excluding carboxylic acids is 1. The Labute approximate surface area is 120 Å². The van der Waals surface area contributed by atoms with E-state index in [1.54, 1.807) is 0 Å². The molecule has 0 radical (unpaired) electrons. The number of pyridine rings is 1. The van der Waals surface area contributed by atoms with Crippen LogP contribution in [0.1, 0.15) is 0 Å². The average molecular weight is 312 g/mol. The van der Waals surface area contributed by atoms with E-state index in [-0.39, 0.29) is 11.6 Å². The maximum Gasteiger partial charge on any atom is 0.411 e. The molecule has 0 bridgehead atoms. The number of nitrogens with zero attached hydrogens (tertiary/aromatic N) is 4. The molecule has 2 heterocycles. The third-order valence-corrected chi connectivity index (χ3v) is 2.89. The van der Waals surface area contributed by atoms with E-state index in [4.69, 9.17) is 10.5 Å². The van der Waals surface area contributed by atoms with E-state index in [1.807, 2.05) is 0 Å². The van der Waals surface area contributed by atoms with Crippen molar-refractivity contribution in [2.24, 2.45) is 12.8 Å². The number of nitrogens with one attached hydrogen (secondary N) is 1. The van der Waals surface area contributed by atoms with Crippen LogP contribution in [-0.2, 0) is 17.1 Å². The predicted molar refractivity (Wildman–Crippen MR) is 72.9 cm³/mol. The molecule has 10 nitrogen and oxygen atoms in total. The molecule has 0 aliphatic carbocycles. The molecule has 3 N–H and O–H groups in total. The van der Waals surface area contributed by atoms with Gasteiger partial charge < -0.3 is 10.5 Å². The molecular formula is C10H12N6O4S. The summed E-state index contributed by atoms with van der Waals surface area (Å²) in [6, 6.07) is 3.00. The summed E-state index contributed by atoms with van der Waals surface area (Å²) < 4.78 is 30.5. The third-order valence-electron chi connectivity index (χ3n) is 2.28. The van der Waals surface area contributed by atoms with E-state index in [2.05, 4.69) is 20.0 Å². The number of carbonyl (C=O) groups is 1. The summed E-state index contributed by atoms with van der Waals surface area (Å²) >= 11 is 0. The van der Waals surface area contributed by atoms with Crippen LogP contribution in [0.4, 0.5) is 10.5 Å². The molecule has 2 aromatic heterocycles. The van der Waals surface area contributed by atoms with Crippen LogP contribution in [-0.4, -0.2) is 40.7 Å². The van der Waals surface area contributed by atoms with Gasteiger partial charge in [0.25, 0.3) is 5.88 Å². The van der Waals surface area contributed by atoms with Crippen molar-refractivity contribution in [2.45, 2.75) is 0 Å². The minimum Gasteiger partial charge on any atom is -0.389 e. The zero-order valence-corrected chi connectivity index (χ0v) is 12.0. The quantitative estimate of drug-likeness (QED) is 0.789. The largest absolute Gasteiger partial charge is 0.411 e. The molecule has 11 heteroatoms. The zero-order valence-electron chi connectivity index (χ0n) is 11.1. The van der Waals surface area contributed by atoms with Crippen molar-refractivity contribution in [3.05, 3.63) is 18.3 Å². The molecule has 0 aliphatic heterocycles. The second kappa shape index (κ2) is 5.36. The first-order valence-corrected chi connectivity index (χ1v) is 7.46. The first-order valence-electron chi connectivity index (χ1n) is 5.57. The Hall–Kier alpha value is -2.69. The molecule has 0 unspecified atom stereocenters. The topological polar surface area (TPSA) is 142 Å². The van der Waals surface area contributed by atoms with Gasteiger partial charge in [0, 0.05) is 7.05 Å². The summed E-state index contributed by atoms with van der Waals surface area (Å²) in [5, 5.41) is 7.53. The van der Waals surface area contributed by atoms with Gasteiger partial charge in [-0.05, 0) is 12.1 Å². The molecule has 0 fully saturated rings. The van der Waals surface area contributed by atoms with Crippen molar-refractivity contribution in [3.63, 3.8) is 0 Å². The molecule has 0 aliphatic rings. The minimum absolute atomic E-state index is 0.0406. The van der Waals surface area contributed by atoms with Crippen LogP contribution in [0, 0.1) is 0 Å². The van der Waals surface area contributed by atoms with E-state index in [0.29, 0.717) is 11.4 Å². The van der Waals surface area contributed by atoms with Crippen LogP contribution < -0.4 is 15.2 Å². The smallest absolute Gasteiger partial charge is 0.389 e. The van der Waals surface area contributed by atoms with Gasteiger partial charge in [0.1, 0.15) is 0 Å². The number of hydrogen-bond donors (Lipinski definition) is 2. The molecule has 112 valence electrons. The van der Waals surface area contributed by atoms with Gasteiger partial charge in [0.05, 0.1) is 23.8 Å². The molecule has 2 aromatic rings. The highest BCUT2D eigenvalue weighted by atomic mass is 32.2. The van der Waals surface area contributed by atoms with Crippen LogP contribution >= 0.6 is 0 Å². The normalized spacial score (nSPS) is 11.1. The second-order valence-electron chi connectivity index (χ2n) is 4.09. The van der Waals surface area contributed by atoms with Crippen LogP contribution in [0.2, 0.25) is 0 Å². The van der Waals surface area contributed by atoms with Gasteiger partial charge >= 0.3 is 6.09 Å². The Balaban J connectivity index is 2.33. The van der Waals surface area contributed by atoms with E-state index in [0.717, 1.165) is 6.26 Å². The van der Waals surface area contributed by atoms with E-state index in [9.17, 15) is 13.2 Å². The number of rotatable bonds is 4. The molecule has 2 rings (SSSR count). The lowest BCUT2D eigenvalue weighted by Crippen LogP contribution is -2.18.